The minimum atomic E-state index is -0.195. The fourth-order valence-electron chi connectivity index (χ4n) is 3.78. The first kappa shape index (κ1) is 22.1. The molecule has 2 aromatic rings. The van der Waals surface area contributed by atoms with Crippen molar-refractivity contribution in [2.24, 2.45) is 0 Å². The molecule has 3 amide bonds. The maximum absolute atomic E-state index is 12.3. The zero-order valence-corrected chi connectivity index (χ0v) is 18.6. The van der Waals surface area contributed by atoms with Gasteiger partial charge in [0.25, 0.3) is 11.8 Å². The first-order chi connectivity index (χ1) is 14.4. The number of thioether (sulfide) groups is 1. The number of fused-ring (bicyclic) bond motifs is 1. The third kappa shape index (κ3) is 5.11. The molecule has 0 saturated carbocycles. The van der Waals surface area contributed by atoms with Gasteiger partial charge >= 0.3 is 0 Å². The molecule has 0 atom stereocenters. The van der Waals surface area contributed by atoms with Gasteiger partial charge in [0, 0.05) is 18.7 Å². The Morgan fingerprint density at radius 3 is 2.10 bits per heavy atom. The molecule has 0 aliphatic carbocycles. The van der Waals surface area contributed by atoms with E-state index >= 15 is 0 Å². The van der Waals surface area contributed by atoms with Crippen LogP contribution in [-0.2, 0) is 4.79 Å². The SMILES string of the molecule is Cc1cc(C)c(NC(=O)CCCSCCCN2C(=O)c3ccccc3C2=O)c(C)c1. The van der Waals surface area contributed by atoms with Crippen molar-refractivity contribution >= 4 is 35.2 Å². The third-order valence-electron chi connectivity index (χ3n) is 5.18. The molecule has 1 aliphatic rings. The summed E-state index contributed by atoms with van der Waals surface area (Å²) in [5.74, 6) is 1.38. The van der Waals surface area contributed by atoms with Crippen molar-refractivity contribution in [2.45, 2.75) is 40.0 Å². The summed E-state index contributed by atoms with van der Waals surface area (Å²) in [6.07, 6.45) is 2.04. The number of nitrogens with zero attached hydrogens (tertiary/aromatic N) is 1. The minimum Gasteiger partial charge on any atom is -0.326 e. The Labute approximate surface area is 182 Å². The predicted molar refractivity (Wildman–Crippen MR) is 122 cm³/mol. The van der Waals surface area contributed by atoms with Crippen molar-refractivity contribution in [3.63, 3.8) is 0 Å². The zero-order valence-electron chi connectivity index (χ0n) is 17.8. The monoisotopic (exact) mass is 424 g/mol. The van der Waals surface area contributed by atoms with E-state index in [1.165, 1.54) is 10.5 Å². The van der Waals surface area contributed by atoms with Crippen LogP contribution in [0.15, 0.2) is 36.4 Å². The molecule has 0 radical (unpaired) electrons. The van der Waals surface area contributed by atoms with E-state index in [9.17, 15) is 14.4 Å². The Morgan fingerprint density at radius 1 is 0.933 bits per heavy atom. The van der Waals surface area contributed by atoms with Gasteiger partial charge in [0.15, 0.2) is 0 Å². The number of hydrogen-bond donors (Lipinski definition) is 1. The number of amides is 3. The number of benzene rings is 2. The zero-order chi connectivity index (χ0) is 21.7. The fourth-order valence-corrected chi connectivity index (χ4v) is 4.67. The van der Waals surface area contributed by atoms with Crippen LogP contribution < -0.4 is 5.32 Å². The third-order valence-corrected chi connectivity index (χ3v) is 6.34. The van der Waals surface area contributed by atoms with Gasteiger partial charge in [0.1, 0.15) is 0 Å². The summed E-state index contributed by atoms with van der Waals surface area (Å²) in [6.45, 7) is 6.52. The standard InChI is InChI=1S/C24H28N2O3S/c1-16-14-17(2)22(18(3)15-16)25-21(27)10-6-12-30-13-7-11-26-23(28)19-8-4-5-9-20(19)24(26)29/h4-5,8-9,14-15H,6-7,10-13H2,1-3H3,(H,25,27). The quantitative estimate of drug-likeness (QED) is 0.466. The average Bonchev–Trinajstić information content (AvgIpc) is 2.95. The molecule has 0 unspecified atom stereocenters. The van der Waals surface area contributed by atoms with Crippen LogP contribution in [0.25, 0.3) is 0 Å². The highest BCUT2D eigenvalue weighted by Crippen LogP contribution is 2.24. The van der Waals surface area contributed by atoms with Gasteiger partial charge < -0.3 is 5.32 Å². The van der Waals surface area contributed by atoms with Crippen LogP contribution in [-0.4, -0.2) is 40.7 Å². The summed E-state index contributed by atoms with van der Waals surface area (Å²) >= 11 is 1.75. The van der Waals surface area contributed by atoms with E-state index in [4.69, 9.17) is 0 Å². The van der Waals surface area contributed by atoms with Crippen LogP contribution in [0.4, 0.5) is 5.69 Å². The van der Waals surface area contributed by atoms with Gasteiger partial charge in [-0.3, -0.25) is 19.3 Å². The molecule has 1 N–H and O–H groups in total. The lowest BCUT2D eigenvalue weighted by molar-refractivity contribution is -0.116. The fraction of sp³-hybridized carbons (Fsp3) is 0.375. The van der Waals surface area contributed by atoms with Crippen molar-refractivity contribution in [1.29, 1.82) is 0 Å². The number of carbonyl (C=O) groups excluding carboxylic acids is 3. The summed E-state index contributed by atoms with van der Waals surface area (Å²) in [4.78, 5) is 38.2. The molecule has 0 saturated heterocycles. The number of nitrogens with one attached hydrogen (secondary N) is 1. The van der Waals surface area contributed by atoms with Crippen LogP contribution >= 0.6 is 11.8 Å². The normalized spacial score (nSPS) is 13.0. The molecule has 1 heterocycles. The van der Waals surface area contributed by atoms with E-state index in [1.807, 2.05) is 13.8 Å². The van der Waals surface area contributed by atoms with Gasteiger partial charge in [-0.1, -0.05) is 29.8 Å². The van der Waals surface area contributed by atoms with E-state index in [1.54, 1.807) is 36.0 Å². The second kappa shape index (κ2) is 9.94. The highest BCUT2D eigenvalue weighted by atomic mass is 32.2. The molecule has 3 rings (SSSR count). The Balaban J connectivity index is 1.32. The Morgan fingerprint density at radius 2 is 1.50 bits per heavy atom. The Bertz CT molecular complexity index is 913. The van der Waals surface area contributed by atoms with E-state index in [0.29, 0.717) is 24.1 Å². The van der Waals surface area contributed by atoms with Crippen LogP contribution in [0.5, 0.6) is 0 Å². The number of imide groups is 1. The van der Waals surface area contributed by atoms with Crippen molar-refractivity contribution < 1.29 is 14.4 Å². The smallest absolute Gasteiger partial charge is 0.261 e. The van der Waals surface area contributed by atoms with Gasteiger partial charge in [-0.05, 0) is 68.4 Å². The molecule has 30 heavy (non-hydrogen) atoms. The number of hydrogen-bond acceptors (Lipinski definition) is 4. The highest BCUT2D eigenvalue weighted by molar-refractivity contribution is 7.99. The summed E-state index contributed by atoms with van der Waals surface area (Å²) < 4.78 is 0. The van der Waals surface area contributed by atoms with Gasteiger partial charge in [-0.25, -0.2) is 0 Å². The molecule has 0 bridgehead atoms. The number of rotatable bonds is 9. The molecule has 1 aliphatic heterocycles. The number of anilines is 1. The summed E-state index contributed by atoms with van der Waals surface area (Å²) in [7, 11) is 0. The topological polar surface area (TPSA) is 66.5 Å². The van der Waals surface area contributed by atoms with Crippen molar-refractivity contribution in [3.05, 3.63) is 64.2 Å². The van der Waals surface area contributed by atoms with Crippen molar-refractivity contribution in [1.82, 2.24) is 4.90 Å². The number of aryl methyl sites for hydroxylation is 3. The largest absolute Gasteiger partial charge is 0.326 e. The van der Waals surface area contributed by atoms with E-state index in [2.05, 4.69) is 24.4 Å². The second-order valence-electron chi connectivity index (χ2n) is 7.70. The molecule has 0 spiro atoms. The highest BCUT2D eigenvalue weighted by Gasteiger charge is 2.34. The van der Waals surface area contributed by atoms with Gasteiger partial charge in [-0.15, -0.1) is 0 Å². The van der Waals surface area contributed by atoms with Crippen molar-refractivity contribution in [2.75, 3.05) is 23.4 Å². The molecule has 158 valence electrons. The van der Waals surface area contributed by atoms with E-state index in [-0.39, 0.29) is 17.7 Å². The lowest BCUT2D eigenvalue weighted by Crippen LogP contribution is -2.31. The Kier molecular flexibility index (Phi) is 7.32. The second-order valence-corrected chi connectivity index (χ2v) is 8.92. The first-order valence-corrected chi connectivity index (χ1v) is 11.4. The van der Waals surface area contributed by atoms with E-state index < -0.39 is 0 Å². The van der Waals surface area contributed by atoms with Crippen molar-refractivity contribution in [3.8, 4) is 0 Å². The molecule has 0 aromatic heterocycles. The maximum atomic E-state index is 12.3. The predicted octanol–water partition coefficient (Wildman–Crippen LogP) is 4.75. The van der Waals surface area contributed by atoms with Crippen LogP contribution in [0.2, 0.25) is 0 Å². The molecule has 2 aromatic carbocycles. The molecular formula is C24H28N2O3S. The van der Waals surface area contributed by atoms with Crippen LogP contribution in [0, 0.1) is 20.8 Å². The van der Waals surface area contributed by atoms with Crippen LogP contribution in [0.1, 0.15) is 56.7 Å². The summed E-state index contributed by atoms with van der Waals surface area (Å²) in [5, 5.41) is 3.03. The molecule has 5 nitrogen and oxygen atoms in total. The maximum Gasteiger partial charge on any atom is 0.261 e. The first-order valence-electron chi connectivity index (χ1n) is 10.3. The molecule has 6 heteroatoms. The summed E-state index contributed by atoms with van der Waals surface area (Å²) in [6, 6.07) is 11.1. The van der Waals surface area contributed by atoms with Gasteiger partial charge in [0.2, 0.25) is 5.91 Å². The lowest BCUT2D eigenvalue weighted by Gasteiger charge is -2.13. The molecular weight excluding hydrogens is 396 g/mol. The molecule has 0 fully saturated rings. The van der Waals surface area contributed by atoms with Crippen LogP contribution in [0.3, 0.4) is 0 Å². The van der Waals surface area contributed by atoms with Gasteiger partial charge in [-0.2, -0.15) is 11.8 Å². The summed E-state index contributed by atoms with van der Waals surface area (Å²) in [5.41, 5.74) is 5.28. The number of carbonyl (C=O) groups is 3. The average molecular weight is 425 g/mol. The van der Waals surface area contributed by atoms with Gasteiger partial charge in [0.05, 0.1) is 11.1 Å². The lowest BCUT2D eigenvalue weighted by atomic mass is 10.0. The minimum absolute atomic E-state index is 0.0386. The van der Waals surface area contributed by atoms with E-state index in [0.717, 1.165) is 41.2 Å². The Hall–Kier alpha value is -2.60.